The molecule has 1 aliphatic rings. The van der Waals surface area contributed by atoms with Gasteiger partial charge in [0, 0.05) is 11.9 Å². The lowest BCUT2D eigenvalue weighted by Crippen LogP contribution is -2.31. The number of carbonyl (C=O) groups is 1. The minimum atomic E-state index is -3.78. The van der Waals surface area contributed by atoms with E-state index in [9.17, 15) is 13.2 Å². The number of carbonyl (C=O) groups excluding carboxylic acids is 1. The standard InChI is InChI=1S/C24H27N3O5S/c1-4-31-24(28)23-21(22-7-5-6-17(3)25-22)14-27(26-23)19-12-18(13-19)15-32-33(29,30)20-10-8-16(2)9-11-20/h5-11,14,18-19H,4,12-13,15H2,1-3H3/t18-,19-. The van der Waals surface area contributed by atoms with Gasteiger partial charge in [0.25, 0.3) is 10.1 Å². The second kappa shape index (κ2) is 9.44. The number of rotatable bonds is 8. The molecular weight excluding hydrogens is 442 g/mol. The van der Waals surface area contributed by atoms with E-state index in [4.69, 9.17) is 8.92 Å². The molecule has 3 aromatic rings. The summed E-state index contributed by atoms with van der Waals surface area (Å²) in [6.45, 7) is 5.91. The Morgan fingerprint density at radius 2 is 1.85 bits per heavy atom. The van der Waals surface area contributed by atoms with Crippen molar-refractivity contribution in [3.8, 4) is 11.3 Å². The first-order valence-corrected chi connectivity index (χ1v) is 12.3. The van der Waals surface area contributed by atoms with Gasteiger partial charge in [-0.2, -0.15) is 13.5 Å². The van der Waals surface area contributed by atoms with Gasteiger partial charge in [0.1, 0.15) is 0 Å². The number of benzene rings is 1. The first-order valence-electron chi connectivity index (χ1n) is 10.9. The minimum absolute atomic E-state index is 0.0485. The highest BCUT2D eigenvalue weighted by molar-refractivity contribution is 7.86. The predicted molar refractivity (Wildman–Crippen MR) is 122 cm³/mol. The van der Waals surface area contributed by atoms with Crippen LogP contribution in [0.2, 0.25) is 0 Å². The van der Waals surface area contributed by atoms with E-state index in [0.29, 0.717) is 24.1 Å². The summed E-state index contributed by atoms with van der Waals surface area (Å²) in [6.07, 6.45) is 3.22. The molecule has 0 atom stereocenters. The van der Waals surface area contributed by atoms with Gasteiger partial charge in [-0.05, 0) is 63.8 Å². The minimum Gasteiger partial charge on any atom is -0.461 e. The zero-order chi connectivity index (χ0) is 23.6. The van der Waals surface area contributed by atoms with E-state index in [2.05, 4.69) is 10.1 Å². The third kappa shape index (κ3) is 5.15. The molecule has 174 valence electrons. The zero-order valence-electron chi connectivity index (χ0n) is 18.9. The Balaban J connectivity index is 1.44. The Bertz CT molecular complexity index is 1250. The highest BCUT2D eigenvalue weighted by Gasteiger charge is 2.34. The van der Waals surface area contributed by atoms with E-state index in [1.807, 2.05) is 38.2 Å². The highest BCUT2D eigenvalue weighted by atomic mass is 32.2. The molecule has 1 aromatic carbocycles. The quantitative estimate of drug-likeness (QED) is 0.362. The Labute approximate surface area is 193 Å². The van der Waals surface area contributed by atoms with Crippen molar-refractivity contribution in [3.05, 3.63) is 65.6 Å². The van der Waals surface area contributed by atoms with Crippen LogP contribution in [0.4, 0.5) is 0 Å². The monoisotopic (exact) mass is 469 g/mol. The van der Waals surface area contributed by atoms with E-state index < -0.39 is 16.1 Å². The number of hydrogen-bond donors (Lipinski definition) is 0. The summed E-state index contributed by atoms with van der Waals surface area (Å²) in [7, 11) is -3.78. The normalized spacial score (nSPS) is 18.0. The number of pyridine rings is 1. The Kier molecular flexibility index (Phi) is 6.62. The van der Waals surface area contributed by atoms with Gasteiger partial charge in [-0.15, -0.1) is 0 Å². The van der Waals surface area contributed by atoms with Crippen LogP contribution in [0.1, 0.15) is 47.6 Å². The number of hydrogen-bond acceptors (Lipinski definition) is 7. The van der Waals surface area contributed by atoms with Crippen molar-refractivity contribution in [2.24, 2.45) is 5.92 Å². The summed E-state index contributed by atoms with van der Waals surface area (Å²) in [5, 5.41) is 4.50. The van der Waals surface area contributed by atoms with Crippen LogP contribution in [0.5, 0.6) is 0 Å². The van der Waals surface area contributed by atoms with Crippen molar-refractivity contribution >= 4 is 16.1 Å². The summed E-state index contributed by atoms with van der Waals surface area (Å²) in [5.74, 6) is -0.399. The molecule has 0 unspecified atom stereocenters. The molecule has 2 aromatic heterocycles. The number of nitrogens with zero attached hydrogens (tertiary/aromatic N) is 3. The van der Waals surface area contributed by atoms with Crippen molar-refractivity contribution in [3.63, 3.8) is 0 Å². The maximum atomic E-state index is 12.5. The van der Waals surface area contributed by atoms with Gasteiger partial charge in [0.15, 0.2) is 5.69 Å². The lowest BCUT2D eigenvalue weighted by molar-refractivity contribution is 0.0516. The second-order valence-electron chi connectivity index (χ2n) is 8.30. The number of esters is 1. The molecule has 1 fully saturated rings. The summed E-state index contributed by atoms with van der Waals surface area (Å²) in [4.78, 5) is 17.2. The van der Waals surface area contributed by atoms with Crippen molar-refractivity contribution in [1.82, 2.24) is 14.8 Å². The van der Waals surface area contributed by atoms with Crippen molar-refractivity contribution in [1.29, 1.82) is 0 Å². The van der Waals surface area contributed by atoms with Crippen molar-refractivity contribution in [2.45, 2.75) is 44.6 Å². The fourth-order valence-electron chi connectivity index (χ4n) is 3.82. The van der Waals surface area contributed by atoms with E-state index in [0.717, 1.165) is 11.3 Å². The van der Waals surface area contributed by atoms with Crippen LogP contribution in [0.25, 0.3) is 11.3 Å². The van der Waals surface area contributed by atoms with Crippen LogP contribution < -0.4 is 0 Å². The summed E-state index contributed by atoms with van der Waals surface area (Å²) >= 11 is 0. The lowest BCUT2D eigenvalue weighted by Gasteiger charge is -2.34. The van der Waals surface area contributed by atoms with Crippen molar-refractivity contribution in [2.75, 3.05) is 13.2 Å². The Hall–Kier alpha value is -3.04. The van der Waals surface area contributed by atoms with Gasteiger partial charge >= 0.3 is 5.97 Å². The van der Waals surface area contributed by atoms with Gasteiger partial charge in [0.2, 0.25) is 0 Å². The lowest BCUT2D eigenvalue weighted by atomic mass is 9.81. The molecule has 0 aliphatic heterocycles. The van der Waals surface area contributed by atoms with Crippen LogP contribution in [0, 0.1) is 19.8 Å². The van der Waals surface area contributed by atoms with Crippen LogP contribution in [0.15, 0.2) is 53.6 Å². The summed E-state index contributed by atoms with van der Waals surface area (Å²) < 4.78 is 37.0. The Morgan fingerprint density at radius 3 is 2.52 bits per heavy atom. The smallest absolute Gasteiger partial charge is 0.359 e. The van der Waals surface area contributed by atoms with Gasteiger partial charge in [-0.1, -0.05) is 23.8 Å². The molecule has 0 spiro atoms. The van der Waals surface area contributed by atoms with Crippen LogP contribution >= 0.6 is 0 Å². The molecule has 4 rings (SSSR count). The van der Waals surface area contributed by atoms with Crippen LogP contribution in [0.3, 0.4) is 0 Å². The Morgan fingerprint density at radius 1 is 1.12 bits per heavy atom. The molecule has 0 amide bonds. The van der Waals surface area contributed by atoms with Crippen LogP contribution in [-0.2, 0) is 19.0 Å². The maximum absolute atomic E-state index is 12.5. The first-order chi connectivity index (χ1) is 15.8. The number of aryl methyl sites for hydroxylation is 2. The first kappa shape index (κ1) is 23.1. The average Bonchev–Trinajstić information content (AvgIpc) is 3.18. The third-order valence-corrected chi connectivity index (χ3v) is 7.01. The van der Waals surface area contributed by atoms with E-state index >= 15 is 0 Å². The van der Waals surface area contributed by atoms with Crippen molar-refractivity contribution < 1.29 is 22.1 Å². The van der Waals surface area contributed by atoms with Crippen LogP contribution in [-0.4, -0.2) is 42.4 Å². The molecule has 9 heteroatoms. The van der Waals surface area contributed by atoms with Gasteiger partial charge in [-0.3, -0.25) is 13.8 Å². The summed E-state index contributed by atoms with van der Waals surface area (Å²) in [5.41, 5.74) is 3.34. The molecule has 0 N–H and O–H groups in total. The topological polar surface area (TPSA) is 100 Å². The van der Waals surface area contributed by atoms with Gasteiger partial charge in [0.05, 0.1) is 35.4 Å². The molecular formula is C24H27N3O5S. The van der Waals surface area contributed by atoms with Gasteiger partial charge < -0.3 is 4.74 Å². The third-order valence-electron chi connectivity index (χ3n) is 5.72. The zero-order valence-corrected chi connectivity index (χ0v) is 19.7. The van der Waals surface area contributed by atoms with Gasteiger partial charge in [-0.25, -0.2) is 4.79 Å². The largest absolute Gasteiger partial charge is 0.461 e. The SMILES string of the molecule is CCOC(=O)c1nn([C@H]2C[C@H](COS(=O)(=O)c3ccc(C)cc3)C2)cc1-c1cccc(C)n1. The highest BCUT2D eigenvalue weighted by Crippen LogP contribution is 2.39. The molecule has 2 heterocycles. The molecule has 8 nitrogen and oxygen atoms in total. The van der Waals surface area contributed by atoms with E-state index in [1.165, 1.54) is 0 Å². The summed E-state index contributed by atoms with van der Waals surface area (Å²) in [6, 6.07) is 12.3. The second-order valence-corrected chi connectivity index (χ2v) is 9.91. The number of aromatic nitrogens is 3. The molecule has 1 aliphatic carbocycles. The molecule has 33 heavy (non-hydrogen) atoms. The fourth-order valence-corrected chi connectivity index (χ4v) is 4.80. The fraction of sp³-hybridized carbons (Fsp3) is 0.375. The number of ether oxygens (including phenoxy) is 1. The maximum Gasteiger partial charge on any atom is 0.359 e. The molecule has 0 saturated heterocycles. The molecule has 0 radical (unpaired) electrons. The average molecular weight is 470 g/mol. The molecule has 0 bridgehead atoms. The van der Waals surface area contributed by atoms with E-state index in [-0.39, 0.29) is 35.8 Å². The van der Waals surface area contributed by atoms with E-state index in [1.54, 1.807) is 35.9 Å². The predicted octanol–water partition coefficient (Wildman–Crippen LogP) is 4.10. The molecule has 1 saturated carbocycles.